The van der Waals surface area contributed by atoms with Gasteiger partial charge >= 0.3 is 5.69 Å². The molecule has 0 radical (unpaired) electrons. The largest absolute Gasteiger partial charge is 0.378 e. The molecule has 0 spiro atoms. The summed E-state index contributed by atoms with van der Waals surface area (Å²) in [6, 6.07) is 1.96. The fourth-order valence-corrected chi connectivity index (χ4v) is 3.53. The van der Waals surface area contributed by atoms with E-state index in [1.165, 1.54) is 11.6 Å². The summed E-state index contributed by atoms with van der Waals surface area (Å²) in [6.45, 7) is 5.39. The van der Waals surface area contributed by atoms with E-state index in [2.05, 4.69) is 14.8 Å². The Labute approximate surface area is 150 Å². The number of aryl methyl sites for hydroxylation is 1. The molecule has 0 aliphatic carbocycles. The Bertz CT molecular complexity index is 939. The maximum Gasteiger partial charge on any atom is 0.332 e. The van der Waals surface area contributed by atoms with Crippen LogP contribution in [-0.2, 0) is 23.6 Å². The highest BCUT2D eigenvalue weighted by atomic mass is 16.5. The summed E-state index contributed by atoms with van der Waals surface area (Å²) in [4.78, 5) is 34.2. The van der Waals surface area contributed by atoms with Gasteiger partial charge in [0.2, 0.25) is 0 Å². The van der Waals surface area contributed by atoms with Crippen molar-refractivity contribution in [2.24, 2.45) is 14.1 Å². The molecular formula is C17H23N5O4. The van der Waals surface area contributed by atoms with E-state index in [1.807, 2.05) is 6.07 Å². The lowest BCUT2D eigenvalue weighted by molar-refractivity contribution is 0.122. The fraction of sp³-hybridized carbons (Fsp3) is 0.588. The lowest BCUT2D eigenvalue weighted by Gasteiger charge is -2.32. The highest BCUT2D eigenvalue weighted by Gasteiger charge is 2.23. The normalized spacial score (nSPS) is 18.5. The number of nitrogens with zero attached hydrogens (tertiary/aromatic N) is 5. The molecule has 0 aromatic carbocycles. The Hall–Kier alpha value is -2.39. The Morgan fingerprint density at radius 2 is 1.46 bits per heavy atom. The van der Waals surface area contributed by atoms with E-state index in [9.17, 15) is 9.59 Å². The van der Waals surface area contributed by atoms with Crippen LogP contribution < -0.4 is 21.0 Å². The van der Waals surface area contributed by atoms with Crippen molar-refractivity contribution in [3.05, 3.63) is 26.9 Å². The van der Waals surface area contributed by atoms with Crippen LogP contribution in [0, 0.1) is 0 Å². The number of ether oxygens (including phenoxy) is 2. The van der Waals surface area contributed by atoms with Crippen LogP contribution in [0.15, 0.2) is 15.7 Å². The first-order valence-electron chi connectivity index (χ1n) is 8.84. The van der Waals surface area contributed by atoms with Gasteiger partial charge in [0.05, 0.1) is 32.1 Å². The summed E-state index contributed by atoms with van der Waals surface area (Å²) >= 11 is 0. The molecule has 0 amide bonds. The van der Waals surface area contributed by atoms with E-state index >= 15 is 0 Å². The van der Waals surface area contributed by atoms with Crippen LogP contribution >= 0.6 is 0 Å². The minimum Gasteiger partial charge on any atom is -0.378 e. The smallest absolute Gasteiger partial charge is 0.332 e. The van der Waals surface area contributed by atoms with Crippen molar-refractivity contribution in [2.75, 3.05) is 62.4 Å². The number of anilines is 2. The van der Waals surface area contributed by atoms with Gasteiger partial charge in [-0.15, -0.1) is 0 Å². The lowest BCUT2D eigenvalue weighted by atomic mass is 10.2. The van der Waals surface area contributed by atoms with Gasteiger partial charge in [-0.1, -0.05) is 0 Å². The molecule has 0 bridgehead atoms. The predicted octanol–water partition coefficient (Wildman–Crippen LogP) is -0.695. The third-order valence-corrected chi connectivity index (χ3v) is 5.06. The fourth-order valence-electron chi connectivity index (χ4n) is 3.53. The number of aromatic nitrogens is 3. The van der Waals surface area contributed by atoms with Gasteiger partial charge in [-0.3, -0.25) is 13.9 Å². The number of hydrogen-bond acceptors (Lipinski definition) is 7. The molecule has 4 heterocycles. The highest BCUT2D eigenvalue weighted by Crippen LogP contribution is 2.28. The predicted molar refractivity (Wildman–Crippen MR) is 98.3 cm³/mol. The molecule has 26 heavy (non-hydrogen) atoms. The molecule has 9 nitrogen and oxygen atoms in total. The van der Waals surface area contributed by atoms with Crippen molar-refractivity contribution in [2.45, 2.75) is 0 Å². The zero-order valence-corrected chi connectivity index (χ0v) is 15.1. The molecule has 2 fully saturated rings. The molecule has 2 aromatic rings. The second kappa shape index (κ2) is 6.73. The second-order valence-electron chi connectivity index (χ2n) is 6.60. The van der Waals surface area contributed by atoms with Crippen molar-refractivity contribution >= 4 is 22.5 Å². The summed E-state index contributed by atoms with van der Waals surface area (Å²) < 4.78 is 13.5. The first-order valence-corrected chi connectivity index (χ1v) is 8.84. The van der Waals surface area contributed by atoms with E-state index in [0.717, 1.165) is 29.2 Å². The standard InChI is InChI=1S/C17H23N5O4/c1-19-15-14(16(23)20(2)17(19)24)12(21-3-7-25-8-4-21)11-13(18-15)22-5-9-26-10-6-22/h11H,3-10H2,1-2H3. The van der Waals surface area contributed by atoms with Gasteiger partial charge in [-0.25, -0.2) is 9.78 Å². The van der Waals surface area contributed by atoms with E-state index in [-0.39, 0.29) is 11.2 Å². The summed E-state index contributed by atoms with van der Waals surface area (Å²) in [6.07, 6.45) is 0. The quantitative estimate of drug-likeness (QED) is 0.700. The van der Waals surface area contributed by atoms with Crippen LogP contribution in [0.25, 0.3) is 11.0 Å². The van der Waals surface area contributed by atoms with E-state index in [1.54, 1.807) is 7.05 Å². The molecule has 140 valence electrons. The SMILES string of the molecule is Cn1c(=O)c2c(N3CCOCC3)cc(N3CCOCC3)nc2n(C)c1=O. The molecule has 2 aromatic heterocycles. The van der Waals surface area contributed by atoms with Crippen molar-refractivity contribution in [3.8, 4) is 0 Å². The van der Waals surface area contributed by atoms with Crippen LogP contribution in [-0.4, -0.2) is 66.7 Å². The summed E-state index contributed by atoms with van der Waals surface area (Å²) in [5.41, 5.74) is 0.548. The number of hydrogen-bond donors (Lipinski definition) is 0. The Kier molecular flexibility index (Phi) is 4.41. The lowest BCUT2D eigenvalue weighted by Crippen LogP contribution is -2.41. The molecule has 2 saturated heterocycles. The number of rotatable bonds is 2. The van der Waals surface area contributed by atoms with Gasteiger partial charge in [-0.05, 0) is 0 Å². The van der Waals surface area contributed by atoms with Crippen molar-refractivity contribution in [1.29, 1.82) is 0 Å². The Morgan fingerprint density at radius 3 is 2.08 bits per heavy atom. The number of morpholine rings is 2. The monoisotopic (exact) mass is 361 g/mol. The maximum absolute atomic E-state index is 12.9. The zero-order valence-electron chi connectivity index (χ0n) is 15.1. The van der Waals surface area contributed by atoms with Crippen LogP contribution in [0.5, 0.6) is 0 Å². The van der Waals surface area contributed by atoms with Crippen LogP contribution in [0.4, 0.5) is 11.5 Å². The minimum atomic E-state index is -0.373. The summed E-state index contributed by atoms with van der Waals surface area (Å²) in [5.74, 6) is 0.769. The third-order valence-electron chi connectivity index (χ3n) is 5.06. The van der Waals surface area contributed by atoms with Crippen LogP contribution in [0.3, 0.4) is 0 Å². The molecule has 2 aliphatic heterocycles. The average molecular weight is 361 g/mol. The van der Waals surface area contributed by atoms with Crippen LogP contribution in [0.1, 0.15) is 0 Å². The first kappa shape index (κ1) is 17.0. The van der Waals surface area contributed by atoms with Gasteiger partial charge in [0.1, 0.15) is 11.2 Å². The Morgan fingerprint density at radius 1 is 0.885 bits per heavy atom. The molecule has 2 aliphatic rings. The molecular weight excluding hydrogens is 338 g/mol. The average Bonchev–Trinajstić information content (AvgIpc) is 2.71. The molecule has 0 atom stereocenters. The Balaban J connectivity index is 1.98. The van der Waals surface area contributed by atoms with Crippen molar-refractivity contribution in [1.82, 2.24) is 14.1 Å². The van der Waals surface area contributed by atoms with Gasteiger partial charge in [0, 0.05) is 46.3 Å². The van der Waals surface area contributed by atoms with Gasteiger partial charge in [-0.2, -0.15) is 0 Å². The molecule has 0 unspecified atom stereocenters. The first-order chi connectivity index (χ1) is 12.6. The maximum atomic E-state index is 12.9. The summed E-state index contributed by atoms with van der Waals surface area (Å²) in [7, 11) is 3.16. The molecule has 0 N–H and O–H groups in total. The highest BCUT2D eigenvalue weighted by molar-refractivity contribution is 5.91. The van der Waals surface area contributed by atoms with Gasteiger partial charge in [0.25, 0.3) is 5.56 Å². The van der Waals surface area contributed by atoms with E-state index in [0.29, 0.717) is 50.6 Å². The molecule has 9 heteroatoms. The number of pyridine rings is 1. The van der Waals surface area contributed by atoms with Crippen molar-refractivity contribution in [3.63, 3.8) is 0 Å². The van der Waals surface area contributed by atoms with E-state index < -0.39 is 0 Å². The van der Waals surface area contributed by atoms with Crippen LogP contribution in [0.2, 0.25) is 0 Å². The van der Waals surface area contributed by atoms with Gasteiger partial charge < -0.3 is 19.3 Å². The van der Waals surface area contributed by atoms with Crippen molar-refractivity contribution < 1.29 is 9.47 Å². The van der Waals surface area contributed by atoms with Gasteiger partial charge in [0.15, 0.2) is 5.65 Å². The number of fused-ring (bicyclic) bond motifs is 1. The second-order valence-corrected chi connectivity index (χ2v) is 6.60. The minimum absolute atomic E-state index is 0.314. The molecule has 4 rings (SSSR count). The third kappa shape index (κ3) is 2.77. The topological polar surface area (TPSA) is 81.8 Å². The summed E-state index contributed by atoms with van der Waals surface area (Å²) in [5, 5.41) is 0.480. The zero-order chi connectivity index (χ0) is 18.3. The molecule has 0 saturated carbocycles. The van der Waals surface area contributed by atoms with E-state index in [4.69, 9.17) is 9.47 Å².